The zero-order valence-corrected chi connectivity index (χ0v) is 15.9. The quantitative estimate of drug-likeness (QED) is 0.402. The molecule has 0 fully saturated rings. The first-order valence-electron chi connectivity index (χ1n) is 8.80. The molecule has 0 saturated carbocycles. The second-order valence-corrected chi connectivity index (χ2v) is 7.43. The molecule has 1 aromatic heterocycles. The van der Waals surface area contributed by atoms with Gasteiger partial charge in [0.1, 0.15) is 0 Å². The van der Waals surface area contributed by atoms with Gasteiger partial charge in [-0.15, -0.1) is 0 Å². The van der Waals surface area contributed by atoms with Crippen LogP contribution in [0.2, 0.25) is 0 Å². The third-order valence-electron chi connectivity index (χ3n) is 4.40. The normalized spacial score (nSPS) is 11.6. The molecule has 0 saturated heterocycles. The summed E-state index contributed by atoms with van der Waals surface area (Å²) in [7, 11) is 0. The first-order valence-corrected chi connectivity index (χ1v) is 9.62. The van der Waals surface area contributed by atoms with Crippen molar-refractivity contribution in [3.63, 3.8) is 0 Å². The molecule has 0 atom stereocenters. The van der Waals surface area contributed by atoms with Crippen molar-refractivity contribution in [2.75, 3.05) is 4.90 Å². The van der Waals surface area contributed by atoms with Crippen molar-refractivity contribution < 1.29 is 18.0 Å². The van der Waals surface area contributed by atoms with E-state index in [1.165, 1.54) is 28.4 Å². The van der Waals surface area contributed by atoms with Gasteiger partial charge in [-0.1, -0.05) is 53.8 Å². The molecule has 3 nitrogen and oxygen atoms in total. The molecule has 0 N–H and O–H groups in total. The summed E-state index contributed by atoms with van der Waals surface area (Å²) in [6, 6.07) is 21.2. The van der Waals surface area contributed by atoms with Crippen molar-refractivity contribution in [2.24, 2.45) is 0 Å². The SMILES string of the molecule is O=C(c1ccc(C(F)(F)F)cc1)N(Cc1ccccc1)c1nc2ccccc2s1. The number of nitrogens with zero attached hydrogens (tertiary/aromatic N) is 2. The number of hydrogen-bond donors (Lipinski definition) is 0. The maximum Gasteiger partial charge on any atom is 0.416 e. The molecular weight excluding hydrogens is 397 g/mol. The zero-order valence-electron chi connectivity index (χ0n) is 15.1. The highest BCUT2D eigenvalue weighted by Crippen LogP contribution is 2.32. The molecule has 4 aromatic rings. The van der Waals surface area contributed by atoms with Crippen LogP contribution in [0.25, 0.3) is 10.2 Å². The number of anilines is 1. The fourth-order valence-corrected chi connectivity index (χ4v) is 3.89. The molecule has 146 valence electrons. The summed E-state index contributed by atoms with van der Waals surface area (Å²) in [4.78, 5) is 19.3. The number of rotatable bonds is 4. The fourth-order valence-electron chi connectivity index (χ4n) is 2.93. The Morgan fingerprint density at radius 2 is 1.55 bits per heavy atom. The third-order valence-corrected chi connectivity index (χ3v) is 5.46. The Bertz CT molecular complexity index is 1110. The lowest BCUT2D eigenvalue weighted by atomic mass is 10.1. The number of alkyl halides is 3. The summed E-state index contributed by atoms with van der Waals surface area (Å²) in [5, 5.41) is 0.500. The summed E-state index contributed by atoms with van der Waals surface area (Å²) < 4.78 is 39.5. The lowest BCUT2D eigenvalue weighted by Crippen LogP contribution is -2.30. The topological polar surface area (TPSA) is 33.2 Å². The number of thiazole rings is 1. The predicted molar refractivity (Wildman–Crippen MR) is 108 cm³/mol. The van der Waals surface area contributed by atoms with Crippen molar-refractivity contribution in [3.8, 4) is 0 Å². The molecule has 1 amide bonds. The fraction of sp³-hybridized carbons (Fsp3) is 0.0909. The Hall–Kier alpha value is -3.19. The van der Waals surface area contributed by atoms with Crippen LogP contribution in [-0.2, 0) is 12.7 Å². The number of carbonyl (C=O) groups excluding carboxylic acids is 1. The van der Waals surface area contributed by atoms with Crippen molar-refractivity contribution in [1.29, 1.82) is 0 Å². The average Bonchev–Trinajstić information content (AvgIpc) is 3.15. The van der Waals surface area contributed by atoms with Crippen LogP contribution in [0.3, 0.4) is 0 Å². The van der Waals surface area contributed by atoms with Crippen LogP contribution in [-0.4, -0.2) is 10.9 Å². The Balaban J connectivity index is 1.72. The van der Waals surface area contributed by atoms with Gasteiger partial charge in [0.2, 0.25) is 0 Å². The molecule has 1 heterocycles. The van der Waals surface area contributed by atoms with Gasteiger partial charge in [-0.05, 0) is 42.0 Å². The number of halogens is 3. The second-order valence-electron chi connectivity index (χ2n) is 6.42. The number of amides is 1. The minimum Gasteiger partial charge on any atom is -0.279 e. The van der Waals surface area contributed by atoms with Crippen LogP contribution >= 0.6 is 11.3 Å². The van der Waals surface area contributed by atoms with Gasteiger partial charge in [-0.25, -0.2) is 4.98 Å². The van der Waals surface area contributed by atoms with Gasteiger partial charge in [0.05, 0.1) is 22.3 Å². The van der Waals surface area contributed by atoms with E-state index in [0.717, 1.165) is 27.9 Å². The summed E-state index contributed by atoms with van der Waals surface area (Å²) in [5.41, 5.74) is 1.05. The molecule has 0 bridgehead atoms. The Morgan fingerprint density at radius 3 is 2.21 bits per heavy atom. The molecule has 0 radical (unpaired) electrons. The van der Waals surface area contributed by atoms with E-state index in [1.807, 2.05) is 54.6 Å². The summed E-state index contributed by atoms with van der Waals surface area (Å²) >= 11 is 1.37. The van der Waals surface area contributed by atoms with Gasteiger partial charge in [-0.2, -0.15) is 13.2 Å². The number of carbonyl (C=O) groups is 1. The van der Waals surface area contributed by atoms with Crippen LogP contribution in [0.15, 0.2) is 78.9 Å². The van der Waals surface area contributed by atoms with Crippen LogP contribution < -0.4 is 4.90 Å². The molecule has 0 spiro atoms. The lowest BCUT2D eigenvalue weighted by molar-refractivity contribution is -0.137. The average molecular weight is 412 g/mol. The standard InChI is InChI=1S/C22H15F3N2OS/c23-22(24,25)17-12-10-16(11-13-17)20(28)27(14-15-6-2-1-3-7-15)21-26-18-8-4-5-9-19(18)29-21/h1-13H,14H2. The first kappa shape index (κ1) is 19.1. The van der Waals surface area contributed by atoms with Gasteiger partial charge >= 0.3 is 6.18 Å². The van der Waals surface area contributed by atoms with Crippen molar-refractivity contribution in [3.05, 3.63) is 95.6 Å². The van der Waals surface area contributed by atoms with Gasteiger partial charge in [0, 0.05) is 5.56 Å². The van der Waals surface area contributed by atoms with E-state index < -0.39 is 17.6 Å². The van der Waals surface area contributed by atoms with Crippen LogP contribution in [0.1, 0.15) is 21.5 Å². The Kier molecular flexibility index (Phi) is 5.07. The van der Waals surface area contributed by atoms with E-state index in [0.29, 0.717) is 5.13 Å². The molecule has 29 heavy (non-hydrogen) atoms. The Labute approximate surface area is 169 Å². The molecule has 7 heteroatoms. The van der Waals surface area contributed by atoms with E-state index in [-0.39, 0.29) is 12.1 Å². The van der Waals surface area contributed by atoms with Crippen LogP contribution in [0.5, 0.6) is 0 Å². The van der Waals surface area contributed by atoms with Gasteiger partial charge in [0.15, 0.2) is 5.13 Å². The molecule has 3 aromatic carbocycles. The minimum absolute atomic E-state index is 0.174. The zero-order chi connectivity index (χ0) is 20.4. The van der Waals surface area contributed by atoms with E-state index in [1.54, 1.807) is 0 Å². The molecule has 0 aliphatic rings. The summed E-state index contributed by atoms with van der Waals surface area (Å²) in [6.45, 7) is 0.264. The molecule has 0 aliphatic heterocycles. The van der Waals surface area contributed by atoms with E-state index in [4.69, 9.17) is 0 Å². The van der Waals surface area contributed by atoms with E-state index in [2.05, 4.69) is 4.98 Å². The Morgan fingerprint density at radius 1 is 0.897 bits per heavy atom. The smallest absolute Gasteiger partial charge is 0.279 e. The van der Waals surface area contributed by atoms with Gasteiger partial charge in [0.25, 0.3) is 5.91 Å². The molecule has 0 unspecified atom stereocenters. The molecular formula is C22H15F3N2OS. The largest absolute Gasteiger partial charge is 0.416 e. The third kappa shape index (κ3) is 4.14. The number of aromatic nitrogens is 1. The minimum atomic E-state index is -4.45. The maximum absolute atomic E-state index is 13.2. The lowest BCUT2D eigenvalue weighted by Gasteiger charge is -2.20. The number of fused-ring (bicyclic) bond motifs is 1. The highest BCUT2D eigenvalue weighted by Gasteiger charge is 2.30. The monoisotopic (exact) mass is 412 g/mol. The highest BCUT2D eigenvalue weighted by molar-refractivity contribution is 7.22. The van der Waals surface area contributed by atoms with Crippen molar-refractivity contribution in [2.45, 2.75) is 12.7 Å². The van der Waals surface area contributed by atoms with Crippen molar-refractivity contribution in [1.82, 2.24) is 4.98 Å². The molecule has 0 aliphatic carbocycles. The first-order chi connectivity index (χ1) is 13.9. The van der Waals surface area contributed by atoms with Gasteiger partial charge in [-0.3, -0.25) is 9.69 Å². The van der Waals surface area contributed by atoms with Crippen LogP contribution in [0, 0.1) is 0 Å². The molecule has 4 rings (SSSR count). The highest BCUT2D eigenvalue weighted by atomic mass is 32.1. The maximum atomic E-state index is 13.2. The summed E-state index contributed by atoms with van der Waals surface area (Å²) in [5.74, 6) is -0.401. The number of para-hydroxylation sites is 1. The van der Waals surface area contributed by atoms with Gasteiger partial charge < -0.3 is 0 Å². The number of hydrogen-bond acceptors (Lipinski definition) is 3. The second kappa shape index (κ2) is 7.67. The predicted octanol–water partition coefficient (Wildman–Crippen LogP) is 6.16. The summed E-state index contributed by atoms with van der Waals surface area (Å²) in [6.07, 6.45) is -4.45. The van der Waals surface area contributed by atoms with E-state index in [9.17, 15) is 18.0 Å². The van der Waals surface area contributed by atoms with Crippen molar-refractivity contribution >= 4 is 32.6 Å². The van der Waals surface area contributed by atoms with Crippen LogP contribution in [0.4, 0.5) is 18.3 Å². The van der Waals surface area contributed by atoms with E-state index >= 15 is 0 Å². The number of benzene rings is 3.